The largest absolute Gasteiger partial charge is 0.370 e. The van der Waals surface area contributed by atoms with Gasteiger partial charge in [-0.2, -0.15) is 0 Å². The molecule has 0 radical (unpaired) electrons. The van der Waals surface area contributed by atoms with Crippen LogP contribution in [0.2, 0.25) is 5.02 Å². The predicted octanol–water partition coefficient (Wildman–Crippen LogP) is 3.29. The first-order chi connectivity index (χ1) is 11.0. The molecule has 1 unspecified atom stereocenters. The minimum absolute atomic E-state index is 0.0781. The Kier molecular flexibility index (Phi) is 3.54. The van der Waals surface area contributed by atoms with Crippen LogP contribution in [0.3, 0.4) is 0 Å². The van der Waals surface area contributed by atoms with Crippen LogP contribution in [0.5, 0.6) is 0 Å². The first-order valence-corrected chi connectivity index (χ1v) is 10.2. The topological polar surface area (TPSA) is 50.3 Å². The van der Waals surface area contributed by atoms with Crippen LogP contribution in [0.1, 0.15) is 19.3 Å². The van der Waals surface area contributed by atoms with Gasteiger partial charge in [0.05, 0.1) is 17.0 Å². The van der Waals surface area contributed by atoms with E-state index in [0.29, 0.717) is 16.5 Å². The summed E-state index contributed by atoms with van der Waals surface area (Å²) in [7, 11) is -2.87. The Balaban J connectivity index is 1.72. The van der Waals surface area contributed by atoms with E-state index in [4.69, 9.17) is 11.6 Å². The van der Waals surface area contributed by atoms with E-state index in [2.05, 4.69) is 9.88 Å². The summed E-state index contributed by atoms with van der Waals surface area (Å²) >= 11 is 6.16. The van der Waals surface area contributed by atoms with Crippen molar-refractivity contribution in [2.75, 3.05) is 29.5 Å². The van der Waals surface area contributed by atoms with Crippen LogP contribution < -0.4 is 4.90 Å². The lowest BCUT2D eigenvalue weighted by Crippen LogP contribution is -2.44. The van der Waals surface area contributed by atoms with Crippen molar-refractivity contribution in [2.45, 2.75) is 19.3 Å². The molecule has 1 atom stereocenters. The predicted molar refractivity (Wildman–Crippen MR) is 93.9 cm³/mol. The lowest BCUT2D eigenvalue weighted by atomic mass is 9.79. The molecule has 23 heavy (non-hydrogen) atoms. The summed E-state index contributed by atoms with van der Waals surface area (Å²) < 4.78 is 23.9. The van der Waals surface area contributed by atoms with Gasteiger partial charge in [0.15, 0.2) is 9.84 Å². The van der Waals surface area contributed by atoms with E-state index in [1.54, 1.807) is 0 Å². The van der Waals surface area contributed by atoms with Gasteiger partial charge in [-0.25, -0.2) is 8.42 Å². The van der Waals surface area contributed by atoms with Crippen molar-refractivity contribution in [2.24, 2.45) is 5.41 Å². The number of hydrogen-bond donors (Lipinski definition) is 0. The molecule has 4 nitrogen and oxygen atoms in total. The van der Waals surface area contributed by atoms with Gasteiger partial charge >= 0.3 is 0 Å². The molecule has 0 bridgehead atoms. The highest BCUT2D eigenvalue weighted by Gasteiger charge is 2.44. The zero-order valence-electron chi connectivity index (χ0n) is 12.8. The van der Waals surface area contributed by atoms with Gasteiger partial charge in [0.25, 0.3) is 0 Å². The third kappa shape index (κ3) is 2.81. The van der Waals surface area contributed by atoms with Crippen LogP contribution in [-0.4, -0.2) is 38.0 Å². The van der Waals surface area contributed by atoms with E-state index in [9.17, 15) is 8.42 Å². The zero-order valence-corrected chi connectivity index (χ0v) is 14.4. The molecule has 2 aromatic rings. The van der Waals surface area contributed by atoms with E-state index >= 15 is 0 Å². The fourth-order valence-corrected chi connectivity index (χ4v) is 6.47. The fraction of sp³-hybridized carbons (Fsp3) is 0.471. The molecule has 0 N–H and O–H groups in total. The quantitative estimate of drug-likeness (QED) is 0.791. The normalized spacial score (nSPS) is 26.9. The number of anilines is 1. The molecule has 1 aromatic carbocycles. The van der Waals surface area contributed by atoms with Gasteiger partial charge in [0.1, 0.15) is 0 Å². The maximum Gasteiger partial charge on any atom is 0.150 e. The molecule has 2 aliphatic rings. The molecule has 2 aliphatic heterocycles. The summed E-state index contributed by atoms with van der Waals surface area (Å²) in [6.07, 6.45) is 4.64. The number of fused-ring (bicyclic) bond motifs is 1. The number of pyridine rings is 1. The number of aromatic nitrogens is 1. The average molecular weight is 351 g/mol. The molecule has 0 saturated carbocycles. The summed E-state index contributed by atoms with van der Waals surface area (Å²) in [4.78, 5) is 6.73. The molecular formula is C17H19ClN2O2S. The maximum atomic E-state index is 12.0. The van der Waals surface area contributed by atoms with Gasteiger partial charge < -0.3 is 4.90 Å². The lowest BCUT2D eigenvalue weighted by Gasteiger charge is -2.41. The molecule has 1 spiro atoms. The van der Waals surface area contributed by atoms with Crippen molar-refractivity contribution >= 4 is 38.0 Å². The van der Waals surface area contributed by atoms with E-state index < -0.39 is 9.84 Å². The third-order valence-electron chi connectivity index (χ3n) is 5.15. The Morgan fingerprint density at radius 3 is 2.87 bits per heavy atom. The monoisotopic (exact) mass is 350 g/mol. The lowest BCUT2D eigenvalue weighted by molar-refractivity contribution is 0.270. The van der Waals surface area contributed by atoms with Crippen LogP contribution in [0, 0.1) is 5.41 Å². The molecule has 2 fully saturated rings. The van der Waals surface area contributed by atoms with Crippen molar-refractivity contribution in [1.29, 1.82) is 0 Å². The summed E-state index contributed by atoms with van der Waals surface area (Å²) in [6.45, 7) is 1.76. The molecule has 122 valence electrons. The number of rotatable bonds is 1. The second-order valence-corrected chi connectivity index (χ2v) is 9.48. The first-order valence-electron chi connectivity index (χ1n) is 7.96. The molecule has 2 saturated heterocycles. The van der Waals surface area contributed by atoms with Gasteiger partial charge in [-0.1, -0.05) is 11.6 Å². The molecular weight excluding hydrogens is 332 g/mol. The summed E-state index contributed by atoms with van der Waals surface area (Å²) in [5.41, 5.74) is 1.96. The highest BCUT2D eigenvalue weighted by Crippen LogP contribution is 2.42. The van der Waals surface area contributed by atoms with Crippen LogP contribution >= 0.6 is 11.6 Å². The van der Waals surface area contributed by atoms with Gasteiger partial charge in [-0.05, 0) is 43.5 Å². The van der Waals surface area contributed by atoms with Crippen molar-refractivity contribution in [3.63, 3.8) is 0 Å². The van der Waals surface area contributed by atoms with Crippen LogP contribution in [0.15, 0.2) is 30.5 Å². The summed E-state index contributed by atoms with van der Waals surface area (Å²) in [5.74, 6) is 0.671. The molecule has 6 heteroatoms. The minimum Gasteiger partial charge on any atom is -0.370 e. The van der Waals surface area contributed by atoms with Crippen molar-refractivity contribution in [3.8, 4) is 0 Å². The molecule has 0 amide bonds. The van der Waals surface area contributed by atoms with E-state index in [-0.39, 0.29) is 5.41 Å². The van der Waals surface area contributed by atoms with Gasteiger partial charge in [0.2, 0.25) is 0 Å². The highest BCUT2D eigenvalue weighted by molar-refractivity contribution is 7.91. The second-order valence-electron chi connectivity index (χ2n) is 6.86. The second kappa shape index (κ2) is 5.35. The minimum atomic E-state index is -2.87. The number of benzene rings is 1. The van der Waals surface area contributed by atoms with E-state index in [0.717, 1.165) is 48.9 Å². The van der Waals surface area contributed by atoms with Crippen LogP contribution in [0.4, 0.5) is 5.69 Å². The SMILES string of the molecule is O=S1(=O)CCC2(CCCN(c3ccnc4ccc(Cl)cc34)C2)C1. The Morgan fingerprint density at radius 2 is 2.09 bits per heavy atom. The smallest absolute Gasteiger partial charge is 0.150 e. The van der Waals surface area contributed by atoms with Crippen LogP contribution in [0.25, 0.3) is 10.9 Å². The van der Waals surface area contributed by atoms with Gasteiger partial charge in [0, 0.05) is 40.8 Å². The highest BCUT2D eigenvalue weighted by atomic mass is 35.5. The Bertz CT molecular complexity index is 868. The standard InChI is InChI=1S/C17H19ClN2O2S/c18-13-2-3-15-14(10-13)16(4-7-19-15)20-8-1-5-17(11-20)6-9-23(21,22)12-17/h2-4,7,10H,1,5-6,8-9,11-12H2. The number of halogens is 1. The van der Waals surface area contributed by atoms with Gasteiger partial charge in [-0.15, -0.1) is 0 Å². The third-order valence-corrected chi connectivity index (χ3v) is 7.27. The summed E-state index contributed by atoms with van der Waals surface area (Å²) in [5, 5.41) is 1.74. The van der Waals surface area contributed by atoms with Crippen molar-refractivity contribution in [1.82, 2.24) is 4.98 Å². The van der Waals surface area contributed by atoms with Gasteiger partial charge in [-0.3, -0.25) is 4.98 Å². The Hall–Kier alpha value is -1.33. The molecule has 0 aliphatic carbocycles. The van der Waals surface area contributed by atoms with Crippen molar-refractivity contribution < 1.29 is 8.42 Å². The van der Waals surface area contributed by atoms with E-state index in [1.807, 2.05) is 30.5 Å². The Morgan fingerprint density at radius 1 is 1.22 bits per heavy atom. The zero-order chi connectivity index (χ0) is 16.1. The van der Waals surface area contributed by atoms with E-state index in [1.165, 1.54) is 0 Å². The fourth-order valence-electron chi connectivity index (χ4n) is 4.10. The van der Waals surface area contributed by atoms with Crippen molar-refractivity contribution in [3.05, 3.63) is 35.5 Å². The maximum absolute atomic E-state index is 12.0. The number of nitrogens with zero attached hydrogens (tertiary/aromatic N) is 2. The number of piperidine rings is 1. The molecule has 1 aromatic heterocycles. The average Bonchev–Trinajstić information content (AvgIpc) is 2.81. The first kappa shape index (κ1) is 15.2. The number of sulfone groups is 1. The van der Waals surface area contributed by atoms with Crippen LogP contribution in [-0.2, 0) is 9.84 Å². The molecule has 3 heterocycles. The number of hydrogen-bond acceptors (Lipinski definition) is 4. The Labute approximate surface area is 141 Å². The summed E-state index contributed by atoms with van der Waals surface area (Å²) in [6, 6.07) is 7.75. The molecule has 4 rings (SSSR count).